The topological polar surface area (TPSA) is 65.5 Å². The van der Waals surface area contributed by atoms with Crippen LogP contribution < -0.4 is 9.80 Å². The van der Waals surface area contributed by atoms with Gasteiger partial charge in [-0.3, -0.25) is 4.79 Å². The zero-order valence-corrected chi connectivity index (χ0v) is 12.8. The predicted octanol–water partition coefficient (Wildman–Crippen LogP) is 0.650. The van der Waals surface area contributed by atoms with Crippen molar-refractivity contribution in [2.75, 3.05) is 50.6 Å². The van der Waals surface area contributed by atoms with Crippen LogP contribution in [0.25, 0.3) is 0 Å². The van der Waals surface area contributed by atoms with E-state index in [2.05, 4.69) is 15.0 Å². The summed E-state index contributed by atoms with van der Waals surface area (Å²) in [6.07, 6.45) is 2.16. The first-order valence-corrected chi connectivity index (χ1v) is 6.93. The number of halogens is 1. The number of rotatable bonds is 4. The summed E-state index contributed by atoms with van der Waals surface area (Å²) in [5.74, 6) is 0.967. The summed E-state index contributed by atoms with van der Waals surface area (Å²) in [4.78, 5) is 29.8. The monoisotopic (exact) mass is 298 g/mol. The number of likely N-dealkylation sites (N-methyl/N-ethyl adjacent to an activating group) is 1. The van der Waals surface area contributed by atoms with Crippen molar-refractivity contribution in [3.05, 3.63) is 5.28 Å². The molecule has 0 bridgehead atoms. The molecule has 0 N–H and O–H groups in total. The maximum atomic E-state index is 12.1. The average Bonchev–Trinajstić information content (AvgIpc) is 2.91. The van der Waals surface area contributed by atoms with Crippen LogP contribution in [-0.2, 0) is 4.79 Å². The van der Waals surface area contributed by atoms with Crippen LogP contribution in [0.5, 0.6) is 0 Å². The van der Waals surface area contributed by atoms with Gasteiger partial charge in [-0.15, -0.1) is 0 Å². The molecule has 1 aromatic heterocycles. The first-order chi connectivity index (χ1) is 9.47. The predicted molar refractivity (Wildman–Crippen MR) is 78.2 cm³/mol. The van der Waals surface area contributed by atoms with Crippen molar-refractivity contribution < 1.29 is 4.79 Å². The minimum absolute atomic E-state index is 0.0907. The van der Waals surface area contributed by atoms with Crippen molar-refractivity contribution in [1.82, 2.24) is 19.9 Å². The van der Waals surface area contributed by atoms with E-state index in [1.807, 2.05) is 19.0 Å². The highest BCUT2D eigenvalue weighted by Crippen LogP contribution is 2.15. The summed E-state index contributed by atoms with van der Waals surface area (Å²) in [5.41, 5.74) is 0. The molecule has 0 aliphatic carbocycles. The molecule has 0 radical (unpaired) electrons. The third-order valence-electron chi connectivity index (χ3n) is 3.16. The summed E-state index contributed by atoms with van der Waals surface area (Å²) < 4.78 is 0. The maximum absolute atomic E-state index is 12.1. The van der Waals surface area contributed by atoms with Crippen LogP contribution >= 0.6 is 11.6 Å². The highest BCUT2D eigenvalue weighted by atomic mass is 35.5. The van der Waals surface area contributed by atoms with E-state index in [1.54, 1.807) is 16.8 Å². The smallest absolute Gasteiger partial charge is 0.242 e. The van der Waals surface area contributed by atoms with Crippen molar-refractivity contribution in [2.24, 2.45) is 0 Å². The van der Waals surface area contributed by atoms with Crippen LogP contribution in [0.15, 0.2) is 0 Å². The molecule has 0 atom stereocenters. The molecule has 7 nitrogen and oxygen atoms in total. The van der Waals surface area contributed by atoms with Gasteiger partial charge in [-0.1, -0.05) is 0 Å². The standard InChI is InChI=1S/C12H19ClN6O/c1-17(2)11-14-10(13)15-12(16-11)18(3)8-9(20)19-6-4-5-7-19/h4-8H2,1-3H3. The van der Waals surface area contributed by atoms with E-state index in [-0.39, 0.29) is 17.7 Å². The van der Waals surface area contributed by atoms with Gasteiger partial charge in [0.1, 0.15) is 0 Å². The molecule has 1 aliphatic heterocycles. The lowest BCUT2D eigenvalue weighted by atomic mass is 10.4. The van der Waals surface area contributed by atoms with Crippen molar-refractivity contribution >= 4 is 29.4 Å². The van der Waals surface area contributed by atoms with Gasteiger partial charge in [0.05, 0.1) is 6.54 Å². The molecule has 1 saturated heterocycles. The van der Waals surface area contributed by atoms with Gasteiger partial charge < -0.3 is 14.7 Å². The van der Waals surface area contributed by atoms with E-state index >= 15 is 0 Å². The third-order valence-corrected chi connectivity index (χ3v) is 3.33. The number of carbonyl (C=O) groups is 1. The number of aromatic nitrogens is 3. The summed E-state index contributed by atoms with van der Waals surface area (Å²) in [5, 5.41) is 0.124. The first-order valence-electron chi connectivity index (χ1n) is 6.55. The Morgan fingerprint density at radius 3 is 2.35 bits per heavy atom. The Morgan fingerprint density at radius 2 is 1.75 bits per heavy atom. The van der Waals surface area contributed by atoms with E-state index in [0.29, 0.717) is 11.9 Å². The normalized spacial score (nSPS) is 14.5. The van der Waals surface area contributed by atoms with Crippen LogP contribution in [0.2, 0.25) is 5.28 Å². The van der Waals surface area contributed by atoms with Crippen LogP contribution in [0, 0.1) is 0 Å². The second kappa shape index (κ2) is 6.21. The Bertz CT molecular complexity index is 489. The Labute approximate surface area is 123 Å². The van der Waals surface area contributed by atoms with Gasteiger partial charge in [0, 0.05) is 34.2 Å². The molecule has 20 heavy (non-hydrogen) atoms. The van der Waals surface area contributed by atoms with E-state index < -0.39 is 0 Å². The van der Waals surface area contributed by atoms with Gasteiger partial charge in [0.15, 0.2) is 0 Å². The average molecular weight is 299 g/mol. The zero-order valence-electron chi connectivity index (χ0n) is 12.0. The molecule has 0 aromatic carbocycles. The van der Waals surface area contributed by atoms with Gasteiger partial charge in [-0.25, -0.2) is 0 Å². The fourth-order valence-electron chi connectivity index (χ4n) is 2.04. The molecule has 1 aromatic rings. The SMILES string of the molecule is CN(C)c1nc(Cl)nc(N(C)CC(=O)N2CCCC2)n1. The van der Waals surface area contributed by atoms with E-state index in [9.17, 15) is 4.79 Å². The van der Waals surface area contributed by atoms with Gasteiger partial charge in [0.2, 0.25) is 23.1 Å². The lowest BCUT2D eigenvalue weighted by Crippen LogP contribution is -2.38. The molecule has 2 heterocycles. The van der Waals surface area contributed by atoms with E-state index in [0.717, 1.165) is 25.9 Å². The van der Waals surface area contributed by atoms with Crippen molar-refractivity contribution in [3.63, 3.8) is 0 Å². The number of amides is 1. The highest BCUT2D eigenvalue weighted by molar-refractivity contribution is 6.28. The molecule has 1 aliphatic rings. The second-order valence-electron chi connectivity index (χ2n) is 5.04. The number of hydrogen-bond acceptors (Lipinski definition) is 6. The fraction of sp³-hybridized carbons (Fsp3) is 0.667. The summed E-state index contributed by atoms with van der Waals surface area (Å²) in [6.45, 7) is 1.92. The molecule has 0 unspecified atom stereocenters. The quantitative estimate of drug-likeness (QED) is 0.813. The number of nitrogens with zero attached hydrogens (tertiary/aromatic N) is 6. The lowest BCUT2D eigenvalue weighted by Gasteiger charge is -2.22. The Kier molecular flexibility index (Phi) is 4.59. The van der Waals surface area contributed by atoms with E-state index in [1.165, 1.54) is 0 Å². The Balaban J connectivity index is 2.08. The van der Waals surface area contributed by atoms with Gasteiger partial charge >= 0.3 is 0 Å². The molecule has 110 valence electrons. The number of hydrogen-bond donors (Lipinski definition) is 0. The molecule has 0 saturated carbocycles. The molecule has 1 fully saturated rings. The fourth-order valence-corrected chi connectivity index (χ4v) is 2.19. The second-order valence-corrected chi connectivity index (χ2v) is 5.38. The largest absolute Gasteiger partial charge is 0.347 e. The minimum Gasteiger partial charge on any atom is -0.347 e. The molecular formula is C12H19ClN6O. The van der Waals surface area contributed by atoms with Crippen LogP contribution in [0.4, 0.5) is 11.9 Å². The van der Waals surface area contributed by atoms with Gasteiger partial charge in [-0.05, 0) is 24.4 Å². The Hall–Kier alpha value is -1.63. The molecule has 1 amide bonds. The molecule has 8 heteroatoms. The molecule has 2 rings (SSSR count). The summed E-state index contributed by atoms with van der Waals surface area (Å²) in [6, 6.07) is 0. The minimum atomic E-state index is 0.0907. The van der Waals surface area contributed by atoms with E-state index in [4.69, 9.17) is 11.6 Å². The number of anilines is 2. The number of likely N-dealkylation sites (tertiary alicyclic amines) is 1. The first kappa shape index (κ1) is 14.8. The van der Waals surface area contributed by atoms with Crippen LogP contribution in [0.1, 0.15) is 12.8 Å². The Morgan fingerprint density at radius 1 is 1.15 bits per heavy atom. The van der Waals surface area contributed by atoms with Crippen molar-refractivity contribution in [1.29, 1.82) is 0 Å². The molecule has 0 spiro atoms. The van der Waals surface area contributed by atoms with Gasteiger partial charge in [0.25, 0.3) is 0 Å². The van der Waals surface area contributed by atoms with Crippen molar-refractivity contribution in [2.45, 2.75) is 12.8 Å². The van der Waals surface area contributed by atoms with Gasteiger partial charge in [-0.2, -0.15) is 15.0 Å². The van der Waals surface area contributed by atoms with Crippen LogP contribution in [0.3, 0.4) is 0 Å². The lowest BCUT2D eigenvalue weighted by molar-refractivity contribution is -0.128. The summed E-state index contributed by atoms with van der Waals surface area (Å²) in [7, 11) is 5.43. The zero-order chi connectivity index (χ0) is 14.7. The maximum Gasteiger partial charge on any atom is 0.242 e. The highest BCUT2D eigenvalue weighted by Gasteiger charge is 2.20. The van der Waals surface area contributed by atoms with Crippen LogP contribution in [-0.4, -0.2) is 66.5 Å². The summed E-state index contributed by atoms with van der Waals surface area (Å²) >= 11 is 5.89. The van der Waals surface area contributed by atoms with Crippen molar-refractivity contribution in [3.8, 4) is 0 Å². The molecular weight excluding hydrogens is 280 g/mol. The number of carbonyl (C=O) groups excluding carboxylic acids is 1. The third kappa shape index (κ3) is 3.47.